The third-order valence-electron chi connectivity index (χ3n) is 6.63. The first-order valence-electron chi connectivity index (χ1n) is 11.2. The molecule has 0 atom stereocenters. The molecule has 2 aliphatic carbocycles. The molecule has 158 valence electrons. The van der Waals surface area contributed by atoms with E-state index in [9.17, 15) is 4.79 Å². The van der Waals surface area contributed by atoms with E-state index < -0.39 is 0 Å². The number of carbonyl (C=O) groups excluding carboxylic acids is 1. The van der Waals surface area contributed by atoms with Gasteiger partial charge in [-0.15, -0.1) is 0 Å². The quantitative estimate of drug-likeness (QED) is 0.697. The Morgan fingerprint density at radius 1 is 1.32 bits per heavy atom. The van der Waals surface area contributed by atoms with Crippen molar-refractivity contribution < 1.29 is 15.6 Å². The summed E-state index contributed by atoms with van der Waals surface area (Å²) in [6.07, 6.45) is 6.87. The summed E-state index contributed by atoms with van der Waals surface area (Å²) in [6.45, 7) is 1.32. The Labute approximate surface area is 181 Å². The van der Waals surface area contributed by atoms with E-state index in [1.807, 2.05) is 18.2 Å². The number of methoxy groups -OCH3 is 1. The van der Waals surface area contributed by atoms with Crippen LogP contribution in [0.15, 0.2) is 36.5 Å². The molecular weight excluding hydrogens is 392 g/mol. The fourth-order valence-electron chi connectivity index (χ4n) is 4.65. The number of hydrogen-bond acceptors (Lipinski definition) is 5. The van der Waals surface area contributed by atoms with Crippen LogP contribution in [0.3, 0.4) is 0 Å². The molecule has 7 heteroatoms. The molecule has 1 fully saturated rings. The second kappa shape index (κ2) is 6.83. The minimum Gasteiger partial charge on any atom is -0.481 e. The van der Waals surface area contributed by atoms with Crippen LogP contribution in [0, 0.1) is 5.41 Å². The largest absolute Gasteiger partial charge is 0.481 e. The molecule has 0 bridgehead atoms. The van der Waals surface area contributed by atoms with Gasteiger partial charge in [0, 0.05) is 29.3 Å². The van der Waals surface area contributed by atoms with Gasteiger partial charge in [0.2, 0.25) is 11.8 Å². The van der Waals surface area contributed by atoms with Gasteiger partial charge in [-0.05, 0) is 54.9 Å². The lowest BCUT2D eigenvalue weighted by Gasteiger charge is -2.22. The Morgan fingerprint density at radius 2 is 2.23 bits per heavy atom. The Kier molecular flexibility index (Phi) is 3.82. The molecule has 0 saturated heterocycles. The zero-order valence-electron chi connectivity index (χ0n) is 18.4. The number of anilines is 1. The number of nitrogens with zero attached hydrogens (tertiary/aromatic N) is 3. The molecule has 0 radical (unpaired) electrons. The van der Waals surface area contributed by atoms with Crippen LogP contribution in [-0.2, 0) is 19.4 Å². The number of rotatable bonds is 4. The number of pyridine rings is 1. The maximum absolute atomic E-state index is 13.3. The van der Waals surface area contributed by atoms with E-state index in [0.29, 0.717) is 24.9 Å². The fraction of sp³-hybridized carbons (Fsp3) is 0.375. The van der Waals surface area contributed by atoms with Crippen molar-refractivity contribution in [1.29, 1.82) is 0 Å². The lowest BCUT2D eigenvalue weighted by atomic mass is 9.97. The standard InChI is InChI=1S/C24H24N4O3/c1-30-20-11-16(7-10-25-20)18-6-5-15-3-2-4-17(15)22(18)26-23(29)19-12-21-28(27-19)13-24(8-9-24)14-31-21/h5-7,10-12H,2-4,8-9,13-14H2,1H3,(H,26,29)/i12D. The highest BCUT2D eigenvalue weighted by molar-refractivity contribution is 6.06. The predicted octanol–water partition coefficient (Wildman–Crippen LogP) is 3.87. The van der Waals surface area contributed by atoms with E-state index in [2.05, 4.69) is 21.5 Å². The third kappa shape index (κ3) is 3.15. The van der Waals surface area contributed by atoms with Crippen molar-refractivity contribution in [3.8, 4) is 22.9 Å². The second-order valence-corrected chi connectivity index (χ2v) is 8.75. The van der Waals surface area contributed by atoms with Crippen LogP contribution in [-0.4, -0.2) is 34.4 Å². The maximum atomic E-state index is 13.3. The lowest BCUT2D eigenvalue weighted by Crippen LogP contribution is -2.27. The average molecular weight is 417 g/mol. The van der Waals surface area contributed by atoms with E-state index in [1.165, 1.54) is 5.56 Å². The summed E-state index contributed by atoms with van der Waals surface area (Å²) < 4.78 is 21.3. The average Bonchev–Trinajstić information content (AvgIpc) is 3.23. The molecule has 0 unspecified atom stereocenters. The monoisotopic (exact) mass is 417 g/mol. The number of amides is 1. The van der Waals surface area contributed by atoms with Gasteiger partial charge in [0.15, 0.2) is 5.69 Å². The Bertz CT molecular complexity index is 1250. The van der Waals surface area contributed by atoms with Gasteiger partial charge in [-0.3, -0.25) is 4.79 Å². The van der Waals surface area contributed by atoms with Crippen LogP contribution >= 0.6 is 0 Å². The second-order valence-electron chi connectivity index (χ2n) is 8.75. The molecule has 3 aliphatic rings. The first-order chi connectivity index (χ1) is 15.6. The number of benzene rings is 1. The number of hydrogen-bond donors (Lipinski definition) is 1. The first-order valence-corrected chi connectivity index (χ1v) is 10.7. The van der Waals surface area contributed by atoms with Crippen LogP contribution in [0.2, 0.25) is 0 Å². The predicted molar refractivity (Wildman–Crippen MR) is 116 cm³/mol. The highest BCUT2D eigenvalue weighted by atomic mass is 16.5. The summed E-state index contributed by atoms with van der Waals surface area (Å²) in [7, 11) is 1.58. The summed E-state index contributed by atoms with van der Waals surface area (Å²) in [5.74, 6) is 0.527. The molecule has 1 N–H and O–H groups in total. The minimum atomic E-state index is -0.382. The van der Waals surface area contributed by atoms with Gasteiger partial charge in [0.25, 0.3) is 5.91 Å². The van der Waals surface area contributed by atoms with E-state index in [-0.39, 0.29) is 23.1 Å². The van der Waals surface area contributed by atoms with Crippen molar-refractivity contribution in [3.05, 3.63) is 53.3 Å². The van der Waals surface area contributed by atoms with Gasteiger partial charge in [-0.2, -0.15) is 5.10 Å². The van der Waals surface area contributed by atoms with Gasteiger partial charge in [-0.1, -0.05) is 12.1 Å². The topological polar surface area (TPSA) is 78.3 Å². The van der Waals surface area contributed by atoms with Gasteiger partial charge in [0.05, 0.1) is 27.3 Å². The zero-order valence-corrected chi connectivity index (χ0v) is 17.4. The number of nitrogens with one attached hydrogen (secondary N) is 1. The van der Waals surface area contributed by atoms with Gasteiger partial charge in [-0.25, -0.2) is 9.67 Å². The van der Waals surface area contributed by atoms with E-state index in [1.54, 1.807) is 18.0 Å². The molecule has 7 nitrogen and oxygen atoms in total. The normalized spacial score (nSPS) is 18.0. The summed E-state index contributed by atoms with van der Waals surface area (Å²) in [5.41, 5.74) is 5.25. The molecule has 3 heterocycles. The summed E-state index contributed by atoms with van der Waals surface area (Å²) in [6, 6.07) is 7.99. The first kappa shape index (κ1) is 17.3. The molecule has 1 spiro atoms. The molecule has 3 aromatic rings. The molecule has 31 heavy (non-hydrogen) atoms. The molecular formula is C24H24N4O3. The van der Waals surface area contributed by atoms with E-state index in [0.717, 1.165) is 54.5 Å². The minimum absolute atomic E-state index is 0.0534. The molecule has 2 aromatic heterocycles. The van der Waals surface area contributed by atoms with Crippen molar-refractivity contribution in [2.24, 2.45) is 5.41 Å². The van der Waals surface area contributed by atoms with E-state index in [4.69, 9.17) is 10.8 Å². The number of carbonyl (C=O) groups is 1. The van der Waals surface area contributed by atoms with Crippen molar-refractivity contribution in [2.45, 2.75) is 38.6 Å². The van der Waals surface area contributed by atoms with Crippen molar-refractivity contribution >= 4 is 11.6 Å². The van der Waals surface area contributed by atoms with Gasteiger partial charge in [0.1, 0.15) is 0 Å². The zero-order chi connectivity index (χ0) is 21.9. The van der Waals surface area contributed by atoms with Gasteiger partial charge < -0.3 is 14.8 Å². The van der Waals surface area contributed by atoms with Crippen LogP contribution in [0.5, 0.6) is 11.8 Å². The lowest BCUT2D eigenvalue weighted by molar-refractivity contribution is 0.102. The smallest absolute Gasteiger partial charge is 0.276 e. The van der Waals surface area contributed by atoms with Crippen LogP contribution in [0.1, 0.15) is 42.2 Å². The molecule has 1 amide bonds. The van der Waals surface area contributed by atoms with Crippen molar-refractivity contribution in [3.63, 3.8) is 0 Å². The summed E-state index contributed by atoms with van der Waals surface area (Å²) in [5, 5.41) is 7.57. The number of ether oxygens (including phenoxy) is 2. The maximum Gasteiger partial charge on any atom is 0.276 e. The Balaban J connectivity index is 1.38. The fourth-order valence-corrected chi connectivity index (χ4v) is 4.65. The number of aryl methyl sites for hydroxylation is 1. The summed E-state index contributed by atoms with van der Waals surface area (Å²) >= 11 is 0. The van der Waals surface area contributed by atoms with Gasteiger partial charge >= 0.3 is 0 Å². The van der Waals surface area contributed by atoms with Crippen LogP contribution in [0.25, 0.3) is 11.1 Å². The SMILES string of the molecule is [2H]c1c(C(=O)Nc2c(-c3ccnc(OC)c3)ccc3c2CCC3)nn2c1OCC1(CC1)C2. The van der Waals surface area contributed by atoms with E-state index >= 15 is 0 Å². The van der Waals surface area contributed by atoms with Crippen molar-refractivity contribution in [1.82, 2.24) is 14.8 Å². The molecule has 1 aromatic carbocycles. The molecule has 1 saturated carbocycles. The summed E-state index contributed by atoms with van der Waals surface area (Å²) in [4.78, 5) is 17.5. The molecule has 6 rings (SSSR count). The number of fused-ring (bicyclic) bond motifs is 2. The highest BCUT2D eigenvalue weighted by Gasteiger charge is 2.47. The highest BCUT2D eigenvalue weighted by Crippen LogP contribution is 2.50. The van der Waals surface area contributed by atoms with Crippen LogP contribution < -0.4 is 14.8 Å². The Morgan fingerprint density at radius 3 is 3.06 bits per heavy atom. The number of aromatic nitrogens is 3. The van der Waals surface area contributed by atoms with Crippen LogP contribution in [0.4, 0.5) is 5.69 Å². The third-order valence-corrected chi connectivity index (χ3v) is 6.63. The Hall–Kier alpha value is -3.35. The molecule has 1 aliphatic heterocycles. The van der Waals surface area contributed by atoms with Crippen molar-refractivity contribution in [2.75, 3.05) is 19.0 Å².